The van der Waals surface area contributed by atoms with E-state index in [2.05, 4.69) is 42.7 Å². The number of rotatable bonds is 7. The molecule has 10 nitrogen and oxygen atoms in total. The number of carbonyl (C=O) groups is 1. The maximum atomic E-state index is 13.0. The van der Waals surface area contributed by atoms with Crippen molar-refractivity contribution in [1.29, 1.82) is 0 Å². The zero-order valence-corrected chi connectivity index (χ0v) is 18.6. The molecule has 6 rings (SSSR count). The van der Waals surface area contributed by atoms with Crippen LogP contribution < -0.4 is 16.0 Å². The summed E-state index contributed by atoms with van der Waals surface area (Å²) in [5, 5.41) is 15.2. The van der Waals surface area contributed by atoms with E-state index in [1.807, 2.05) is 25.4 Å². The molecule has 0 aromatic carbocycles. The smallest absolute Gasteiger partial charge is 0.257 e. The van der Waals surface area contributed by atoms with E-state index in [0.717, 1.165) is 48.4 Å². The number of hydrogen-bond donors (Lipinski definition) is 3. The number of pyridine rings is 1. The molecule has 0 saturated heterocycles. The highest BCUT2D eigenvalue weighted by molar-refractivity contribution is 6.00. The van der Waals surface area contributed by atoms with Gasteiger partial charge < -0.3 is 25.3 Å². The van der Waals surface area contributed by atoms with Crippen LogP contribution in [0.2, 0.25) is 0 Å². The van der Waals surface area contributed by atoms with Crippen molar-refractivity contribution in [3.63, 3.8) is 0 Å². The number of amides is 1. The molecule has 0 aliphatic heterocycles. The van der Waals surface area contributed by atoms with Crippen LogP contribution >= 0.6 is 0 Å². The second-order valence-electron chi connectivity index (χ2n) is 8.67. The van der Waals surface area contributed by atoms with Gasteiger partial charge >= 0.3 is 0 Å². The Morgan fingerprint density at radius 1 is 1.15 bits per heavy atom. The largest absolute Gasteiger partial charge is 0.379 e. The Kier molecular flexibility index (Phi) is 4.68. The van der Waals surface area contributed by atoms with Crippen LogP contribution in [-0.2, 0) is 4.74 Å². The Morgan fingerprint density at radius 3 is 2.76 bits per heavy atom. The van der Waals surface area contributed by atoms with Gasteiger partial charge in [-0.3, -0.25) is 4.79 Å². The molecule has 2 aliphatic rings. The van der Waals surface area contributed by atoms with Crippen molar-refractivity contribution in [2.45, 2.75) is 43.9 Å². The van der Waals surface area contributed by atoms with Gasteiger partial charge in [-0.1, -0.05) is 0 Å². The first-order valence-corrected chi connectivity index (χ1v) is 11.3. The summed E-state index contributed by atoms with van der Waals surface area (Å²) >= 11 is 0. The average Bonchev–Trinajstić information content (AvgIpc) is 3.44. The van der Waals surface area contributed by atoms with Gasteiger partial charge in [0.25, 0.3) is 5.91 Å². The predicted octanol–water partition coefficient (Wildman–Crippen LogP) is 3.11. The van der Waals surface area contributed by atoms with Crippen molar-refractivity contribution in [3.8, 4) is 0 Å². The SMILES string of the molecule is CNc1cc(Nc2cc3cccnc3n2C2CC2)nc2c(C(=O)N[C@H]3CC[C@@H]3OC)cnn12. The van der Waals surface area contributed by atoms with Crippen molar-refractivity contribution in [1.82, 2.24) is 29.5 Å². The third kappa shape index (κ3) is 3.37. The van der Waals surface area contributed by atoms with Gasteiger partial charge in [0.2, 0.25) is 0 Å². The molecule has 3 N–H and O–H groups in total. The van der Waals surface area contributed by atoms with Crippen LogP contribution in [0.25, 0.3) is 16.7 Å². The summed E-state index contributed by atoms with van der Waals surface area (Å²) in [5.74, 6) is 2.10. The summed E-state index contributed by atoms with van der Waals surface area (Å²) < 4.78 is 9.30. The normalized spacial score (nSPS) is 20.1. The van der Waals surface area contributed by atoms with E-state index >= 15 is 0 Å². The van der Waals surface area contributed by atoms with E-state index in [0.29, 0.717) is 23.1 Å². The molecule has 1 amide bonds. The number of aromatic nitrogens is 5. The molecule has 2 fully saturated rings. The minimum absolute atomic E-state index is 0.0178. The van der Waals surface area contributed by atoms with E-state index in [9.17, 15) is 4.79 Å². The van der Waals surface area contributed by atoms with Crippen molar-refractivity contribution in [2.24, 2.45) is 0 Å². The number of fused-ring (bicyclic) bond motifs is 2. The lowest BCUT2D eigenvalue weighted by atomic mass is 9.89. The highest BCUT2D eigenvalue weighted by atomic mass is 16.5. The van der Waals surface area contributed by atoms with E-state index < -0.39 is 0 Å². The second kappa shape index (κ2) is 7.73. The Bertz CT molecular complexity index is 1350. The van der Waals surface area contributed by atoms with Gasteiger partial charge in [-0.15, -0.1) is 0 Å². The molecule has 2 saturated carbocycles. The molecule has 33 heavy (non-hydrogen) atoms. The molecule has 4 aromatic heterocycles. The van der Waals surface area contributed by atoms with Gasteiger partial charge in [0.1, 0.15) is 28.7 Å². The predicted molar refractivity (Wildman–Crippen MR) is 125 cm³/mol. The molecule has 0 radical (unpaired) electrons. The summed E-state index contributed by atoms with van der Waals surface area (Å²) in [7, 11) is 3.50. The summed E-state index contributed by atoms with van der Waals surface area (Å²) in [6.07, 6.45) is 7.59. The van der Waals surface area contributed by atoms with E-state index in [1.54, 1.807) is 17.8 Å². The van der Waals surface area contributed by atoms with Crippen LogP contribution in [0.15, 0.2) is 36.7 Å². The van der Waals surface area contributed by atoms with E-state index in [4.69, 9.17) is 9.72 Å². The zero-order chi connectivity index (χ0) is 22.5. The lowest BCUT2D eigenvalue weighted by Gasteiger charge is -2.35. The number of nitrogens with one attached hydrogen (secondary N) is 3. The zero-order valence-electron chi connectivity index (χ0n) is 18.6. The number of anilines is 3. The summed E-state index contributed by atoms with van der Waals surface area (Å²) in [6, 6.07) is 8.45. The molecule has 170 valence electrons. The number of nitrogens with zero attached hydrogens (tertiary/aromatic N) is 5. The van der Waals surface area contributed by atoms with Gasteiger partial charge in [0.05, 0.1) is 18.3 Å². The monoisotopic (exact) mass is 446 g/mol. The fraction of sp³-hybridized carbons (Fsp3) is 0.391. The Labute approximate surface area is 190 Å². The molecule has 4 aromatic rings. The Hall–Kier alpha value is -3.66. The summed E-state index contributed by atoms with van der Waals surface area (Å²) in [4.78, 5) is 22.4. The van der Waals surface area contributed by atoms with Crippen LogP contribution in [0.4, 0.5) is 17.5 Å². The maximum Gasteiger partial charge on any atom is 0.257 e. The number of methoxy groups -OCH3 is 1. The fourth-order valence-electron chi connectivity index (χ4n) is 4.51. The van der Waals surface area contributed by atoms with Crippen molar-refractivity contribution in [3.05, 3.63) is 42.2 Å². The third-order valence-corrected chi connectivity index (χ3v) is 6.57. The van der Waals surface area contributed by atoms with Crippen LogP contribution in [0, 0.1) is 0 Å². The first-order chi connectivity index (χ1) is 16.2. The van der Waals surface area contributed by atoms with Gasteiger partial charge in [-0.25, -0.2) is 9.97 Å². The van der Waals surface area contributed by atoms with Gasteiger partial charge in [-0.2, -0.15) is 9.61 Å². The second-order valence-corrected chi connectivity index (χ2v) is 8.67. The molecule has 2 aliphatic carbocycles. The number of carbonyl (C=O) groups excluding carboxylic acids is 1. The van der Waals surface area contributed by atoms with E-state index in [-0.39, 0.29) is 18.1 Å². The maximum absolute atomic E-state index is 13.0. The van der Waals surface area contributed by atoms with Crippen LogP contribution in [0.3, 0.4) is 0 Å². The standard InChI is InChI=1S/C23H26N8O2/c1-24-19-11-18(28-20-10-13-4-3-9-25-21(13)30(20)14-5-6-14)29-22-15(12-26-31(19)22)23(32)27-16-7-8-17(16)33-2/h3-4,9-12,14,16-17,24H,5-8H2,1-2H3,(H,27,32)(H,28,29)/t16-,17-/m0/s1. The molecule has 4 heterocycles. The average molecular weight is 447 g/mol. The molecule has 2 atom stereocenters. The first-order valence-electron chi connectivity index (χ1n) is 11.3. The summed E-state index contributed by atoms with van der Waals surface area (Å²) in [6.45, 7) is 0. The molecular formula is C23H26N8O2. The lowest BCUT2D eigenvalue weighted by Crippen LogP contribution is -2.51. The third-order valence-electron chi connectivity index (χ3n) is 6.57. The molecular weight excluding hydrogens is 420 g/mol. The minimum Gasteiger partial charge on any atom is -0.379 e. The number of hydrogen-bond acceptors (Lipinski definition) is 7. The first kappa shape index (κ1) is 20.0. The Morgan fingerprint density at radius 2 is 2.03 bits per heavy atom. The van der Waals surface area contributed by atoms with E-state index in [1.165, 1.54) is 0 Å². The van der Waals surface area contributed by atoms with Gasteiger partial charge in [0.15, 0.2) is 5.65 Å². The van der Waals surface area contributed by atoms with Crippen LogP contribution in [-0.4, -0.2) is 56.4 Å². The fourth-order valence-corrected chi connectivity index (χ4v) is 4.51. The van der Waals surface area contributed by atoms with Crippen molar-refractivity contribution < 1.29 is 9.53 Å². The van der Waals surface area contributed by atoms with Crippen LogP contribution in [0.1, 0.15) is 42.1 Å². The van der Waals surface area contributed by atoms with Crippen molar-refractivity contribution >= 4 is 40.0 Å². The Balaban J connectivity index is 1.37. The topological polar surface area (TPSA) is 110 Å². The number of ether oxygens (including phenoxy) is 1. The highest BCUT2D eigenvalue weighted by Crippen LogP contribution is 2.41. The van der Waals surface area contributed by atoms with Gasteiger partial charge in [-0.05, 0) is 43.9 Å². The molecule has 0 spiro atoms. The molecule has 0 unspecified atom stereocenters. The minimum atomic E-state index is -0.195. The summed E-state index contributed by atoms with van der Waals surface area (Å²) in [5.41, 5.74) is 1.89. The van der Waals surface area contributed by atoms with Crippen molar-refractivity contribution in [2.75, 3.05) is 24.8 Å². The quantitative estimate of drug-likeness (QED) is 0.400. The lowest BCUT2D eigenvalue weighted by molar-refractivity contribution is 0.00732. The molecule has 0 bridgehead atoms. The highest BCUT2D eigenvalue weighted by Gasteiger charge is 2.33. The van der Waals surface area contributed by atoms with Crippen LogP contribution in [0.5, 0.6) is 0 Å². The molecule has 10 heteroatoms. The van der Waals surface area contributed by atoms with Gasteiger partial charge in [0, 0.05) is 37.8 Å².